The number of aryl methyl sites for hydroxylation is 1. The molecule has 33 heavy (non-hydrogen) atoms. The molecule has 1 aromatic carbocycles. The van der Waals surface area contributed by atoms with Crippen LogP contribution >= 0.6 is 11.3 Å². The van der Waals surface area contributed by atoms with Crippen LogP contribution in [0.1, 0.15) is 26.5 Å². The van der Waals surface area contributed by atoms with Crippen LogP contribution in [-0.2, 0) is 14.3 Å². The summed E-state index contributed by atoms with van der Waals surface area (Å²) in [4.78, 5) is 33.6. The lowest BCUT2D eigenvalue weighted by molar-refractivity contribution is -0.119. The van der Waals surface area contributed by atoms with Crippen LogP contribution in [0.15, 0.2) is 48.0 Å². The van der Waals surface area contributed by atoms with Crippen LogP contribution in [0.5, 0.6) is 0 Å². The lowest BCUT2D eigenvalue weighted by Crippen LogP contribution is -2.48. The first-order valence-electron chi connectivity index (χ1n) is 10.4. The van der Waals surface area contributed by atoms with Gasteiger partial charge >= 0.3 is 6.09 Å². The van der Waals surface area contributed by atoms with Gasteiger partial charge in [-0.2, -0.15) is 0 Å². The number of aromatic nitrogens is 2. The fourth-order valence-electron chi connectivity index (χ4n) is 3.04. The summed E-state index contributed by atoms with van der Waals surface area (Å²) in [6.45, 7) is 7.20. The molecule has 2 aromatic heterocycles. The SMILES string of the molecule is COC[C@H](NC(=O)OC(C)(C)C)C(=O)Nc1nc(-c2cccc(-c3ccnc(C)c3)c2)cs1. The number of rotatable bonds is 7. The molecule has 0 saturated carbocycles. The summed E-state index contributed by atoms with van der Waals surface area (Å²) in [5.74, 6) is -0.440. The van der Waals surface area contributed by atoms with E-state index >= 15 is 0 Å². The van der Waals surface area contributed by atoms with Crippen LogP contribution in [0.2, 0.25) is 0 Å². The molecule has 0 aliphatic carbocycles. The highest BCUT2D eigenvalue weighted by atomic mass is 32.1. The number of nitrogens with zero attached hydrogens (tertiary/aromatic N) is 2. The van der Waals surface area contributed by atoms with E-state index in [9.17, 15) is 9.59 Å². The van der Waals surface area contributed by atoms with Crippen molar-refractivity contribution in [3.8, 4) is 22.4 Å². The highest BCUT2D eigenvalue weighted by Crippen LogP contribution is 2.29. The molecule has 0 bridgehead atoms. The van der Waals surface area contributed by atoms with Crippen molar-refractivity contribution in [2.45, 2.75) is 39.3 Å². The smallest absolute Gasteiger partial charge is 0.408 e. The monoisotopic (exact) mass is 468 g/mol. The van der Waals surface area contributed by atoms with Crippen LogP contribution in [0.25, 0.3) is 22.4 Å². The normalized spacial score (nSPS) is 12.2. The maximum absolute atomic E-state index is 12.7. The number of methoxy groups -OCH3 is 1. The number of pyridine rings is 1. The van der Waals surface area contributed by atoms with Crippen LogP contribution in [0.3, 0.4) is 0 Å². The van der Waals surface area contributed by atoms with Gasteiger partial charge in [0.05, 0.1) is 12.3 Å². The number of hydrogen-bond acceptors (Lipinski definition) is 7. The summed E-state index contributed by atoms with van der Waals surface area (Å²) < 4.78 is 10.3. The summed E-state index contributed by atoms with van der Waals surface area (Å²) in [6.07, 6.45) is 1.10. The van der Waals surface area contributed by atoms with Gasteiger partial charge in [-0.1, -0.05) is 18.2 Å². The maximum Gasteiger partial charge on any atom is 0.408 e. The fourth-order valence-corrected chi connectivity index (χ4v) is 3.76. The molecule has 0 unspecified atom stereocenters. The van der Waals surface area contributed by atoms with E-state index in [0.29, 0.717) is 5.13 Å². The van der Waals surface area contributed by atoms with Crippen molar-refractivity contribution in [1.29, 1.82) is 0 Å². The van der Waals surface area contributed by atoms with Crippen molar-refractivity contribution < 1.29 is 19.1 Å². The largest absolute Gasteiger partial charge is 0.444 e. The van der Waals surface area contributed by atoms with E-state index in [-0.39, 0.29) is 6.61 Å². The van der Waals surface area contributed by atoms with E-state index in [0.717, 1.165) is 28.1 Å². The number of benzene rings is 1. The molecule has 0 aliphatic heterocycles. The van der Waals surface area contributed by atoms with Crippen molar-refractivity contribution in [3.63, 3.8) is 0 Å². The Labute approximate surface area is 197 Å². The summed E-state index contributed by atoms with van der Waals surface area (Å²) in [6, 6.07) is 11.1. The van der Waals surface area contributed by atoms with E-state index in [1.807, 2.05) is 48.7 Å². The highest BCUT2D eigenvalue weighted by molar-refractivity contribution is 7.14. The van der Waals surface area contributed by atoms with E-state index < -0.39 is 23.6 Å². The standard InChI is InChI=1S/C24H28N4O4S/c1-15-11-17(9-10-25-15)16-7-6-8-18(12-16)20-14-33-22(26-20)28-21(29)19(13-31-5)27-23(30)32-24(2,3)4/h6-12,14,19H,13H2,1-5H3,(H,27,30)(H,26,28,29)/t19-/m0/s1. The Bertz CT molecular complexity index is 1120. The minimum atomic E-state index is -0.921. The Morgan fingerprint density at radius 1 is 1.12 bits per heavy atom. The van der Waals surface area contributed by atoms with Crippen molar-refractivity contribution in [2.24, 2.45) is 0 Å². The summed E-state index contributed by atoms with van der Waals surface area (Å²) in [5.41, 5.74) is 4.07. The minimum absolute atomic E-state index is 0.00327. The van der Waals surface area contributed by atoms with Gasteiger partial charge in [0.25, 0.3) is 5.91 Å². The van der Waals surface area contributed by atoms with Gasteiger partial charge in [0.2, 0.25) is 0 Å². The number of anilines is 1. The van der Waals surface area contributed by atoms with Crippen LogP contribution in [-0.4, -0.2) is 47.3 Å². The van der Waals surface area contributed by atoms with Gasteiger partial charge in [-0.3, -0.25) is 9.78 Å². The highest BCUT2D eigenvalue weighted by Gasteiger charge is 2.25. The lowest BCUT2D eigenvalue weighted by Gasteiger charge is -2.22. The zero-order valence-electron chi connectivity index (χ0n) is 19.3. The van der Waals surface area contributed by atoms with E-state index in [1.54, 1.807) is 27.0 Å². The molecule has 9 heteroatoms. The second kappa shape index (κ2) is 10.5. The van der Waals surface area contributed by atoms with Gasteiger partial charge in [-0.05, 0) is 57.0 Å². The summed E-state index contributed by atoms with van der Waals surface area (Å²) >= 11 is 1.30. The molecule has 174 valence electrons. The lowest BCUT2D eigenvalue weighted by atomic mass is 10.0. The zero-order chi connectivity index (χ0) is 24.0. The van der Waals surface area contributed by atoms with Gasteiger partial charge in [0.1, 0.15) is 11.6 Å². The van der Waals surface area contributed by atoms with Crippen molar-refractivity contribution >= 4 is 28.5 Å². The third kappa shape index (κ3) is 7.10. The quantitative estimate of drug-likeness (QED) is 0.523. The van der Waals surface area contributed by atoms with Gasteiger partial charge in [0, 0.05) is 29.9 Å². The predicted octanol–water partition coefficient (Wildman–Crippen LogP) is 4.66. The summed E-state index contributed by atoms with van der Waals surface area (Å²) in [7, 11) is 1.45. The number of hydrogen-bond donors (Lipinski definition) is 2. The number of thiazole rings is 1. The van der Waals surface area contributed by atoms with E-state index in [4.69, 9.17) is 9.47 Å². The molecule has 8 nitrogen and oxygen atoms in total. The average Bonchev–Trinajstić information content (AvgIpc) is 3.21. The van der Waals surface area contributed by atoms with Crippen molar-refractivity contribution in [3.05, 3.63) is 53.7 Å². The van der Waals surface area contributed by atoms with Crippen LogP contribution < -0.4 is 10.6 Å². The molecule has 0 saturated heterocycles. The van der Waals surface area contributed by atoms with Gasteiger partial charge in [0.15, 0.2) is 5.13 Å². The third-order valence-electron chi connectivity index (χ3n) is 4.46. The van der Waals surface area contributed by atoms with E-state index in [1.165, 1.54) is 18.4 Å². The third-order valence-corrected chi connectivity index (χ3v) is 5.22. The molecule has 0 fully saturated rings. The second-order valence-corrected chi connectivity index (χ2v) is 9.31. The first-order valence-corrected chi connectivity index (χ1v) is 11.3. The molecule has 3 aromatic rings. The van der Waals surface area contributed by atoms with Gasteiger partial charge < -0.3 is 20.1 Å². The second-order valence-electron chi connectivity index (χ2n) is 8.45. The Morgan fingerprint density at radius 3 is 2.55 bits per heavy atom. The van der Waals surface area contributed by atoms with Gasteiger partial charge in [-0.25, -0.2) is 9.78 Å². The number of alkyl carbamates (subject to hydrolysis) is 1. The number of carbonyl (C=O) groups is 2. The molecule has 0 aliphatic rings. The maximum atomic E-state index is 12.7. The Morgan fingerprint density at radius 2 is 1.85 bits per heavy atom. The topological polar surface area (TPSA) is 102 Å². The first-order chi connectivity index (χ1) is 15.6. The first kappa shape index (κ1) is 24.3. The zero-order valence-corrected chi connectivity index (χ0v) is 20.2. The Hall–Kier alpha value is -3.30. The number of nitrogens with one attached hydrogen (secondary N) is 2. The number of carbonyl (C=O) groups excluding carboxylic acids is 2. The molecule has 0 radical (unpaired) electrons. The molecule has 0 spiro atoms. The fraction of sp³-hybridized carbons (Fsp3) is 0.333. The molecule has 1 atom stereocenters. The molecule has 2 amide bonds. The summed E-state index contributed by atoms with van der Waals surface area (Å²) in [5, 5.41) is 7.58. The van der Waals surface area contributed by atoms with Crippen molar-refractivity contribution in [2.75, 3.05) is 19.0 Å². The molecular weight excluding hydrogens is 440 g/mol. The Kier molecular flexibility index (Phi) is 7.78. The molecule has 3 rings (SSSR count). The average molecular weight is 469 g/mol. The van der Waals surface area contributed by atoms with E-state index in [2.05, 4.69) is 20.6 Å². The Balaban J connectivity index is 1.71. The molecular formula is C24H28N4O4S. The van der Waals surface area contributed by atoms with Crippen molar-refractivity contribution in [1.82, 2.24) is 15.3 Å². The van der Waals surface area contributed by atoms with Gasteiger partial charge in [-0.15, -0.1) is 11.3 Å². The van der Waals surface area contributed by atoms with Crippen LogP contribution in [0, 0.1) is 6.92 Å². The number of ether oxygens (including phenoxy) is 2. The number of amides is 2. The van der Waals surface area contributed by atoms with Crippen LogP contribution in [0.4, 0.5) is 9.93 Å². The minimum Gasteiger partial charge on any atom is -0.444 e. The molecule has 2 N–H and O–H groups in total. The predicted molar refractivity (Wildman–Crippen MR) is 129 cm³/mol. The molecule has 2 heterocycles.